The largest absolute Gasteiger partial charge is 0.486 e. The fourth-order valence-corrected chi connectivity index (χ4v) is 2.56. The van der Waals surface area contributed by atoms with Crippen molar-refractivity contribution in [3.63, 3.8) is 0 Å². The number of benzene rings is 1. The first-order chi connectivity index (χ1) is 10.1. The molecule has 0 unspecified atom stereocenters. The molecule has 21 heavy (non-hydrogen) atoms. The first-order valence-corrected chi connectivity index (χ1v) is 7.64. The van der Waals surface area contributed by atoms with Gasteiger partial charge in [-0.2, -0.15) is 0 Å². The number of carboxylic acids is 1. The van der Waals surface area contributed by atoms with Crippen LogP contribution >= 0.6 is 11.8 Å². The lowest BCUT2D eigenvalue weighted by Crippen LogP contribution is -2.28. The van der Waals surface area contributed by atoms with E-state index < -0.39 is 5.97 Å². The molecule has 1 heterocycles. The third-order valence-electron chi connectivity index (χ3n) is 2.90. The second kappa shape index (κ2) is 7.21. The standard InChI is InChI=1S/C14H17NO5S/c1-15(13(16)8-21-9-14(17)18)7-10-2-3-11-12(6-10)20-5-4-19-11/h2-3,6H,4-5,7-9H2,1H3,(H,17,18). The molecule has 1 aliphatic heterocycles. The SMILES string of the molecule is CN(Cc1ccc2c(c1)OCCO2)C(=O)CSCC(=O)O. The van der Waals surface area contributed by atoms with E-state index in [2.05, 4.69) is 0 Å². The maximum Gasteiger partial charge on any atom is 0.313 e. The molecule has 0 aliphatic carbocycles. The molecule has 0 saturated heterocycles. The van der Waals surface area contributed by atoms with E-state index in [0.29, 0.717) is 25.5 Å². The molecule has 0 bridgehead atoms. The molecule has 7 heteroatoms. The van der Waals surface area contributed by atoms with Gasteiger partial charge >= 0.3 is 5.97 Å². The Hall–Kier alpha value is -1.89. The Kier molecular flexibility index (Phi) is 5.32. The van der Waals surface area contributed by atoms with Gasteiger partial charge < -0.3 is 19.5 Å². The highest BCUT2D eigenvalue weighted by Crippen LogP contribution is 2.31. The summed E-state index contributed by atoms with van der Waals surface area (Å²) in [5, 5.41) is 8.54. The van der Waals surface area contributed by atoms with Gasteiger partial charge in [0.15, 0.2) is 11.5 Å². The minimum Gasteiger partial charge on any atom is -0.486 e. The van der Waals surface area contributed by atoms with E-state index in [1.165, 1.54) is 0 Å². The summed E-state index contributed by atoms with van der Waals surface area (Å²) in [6.45, 7) is 1.52. The van der Waals surface area contributed by atoms with E-state index in [0.717, 1.165) is 23.1 Å². The number of nitrogens with zero attached hydrogens (tertiary/aromatic N) is 1. The monoisotopic (exact) mass is 311 g/mol. The second-order valence-electron chi connectivity index (χ2n) is 4.61. The molecule has 6 nitrogen and oxygen atoms in total. The fraction of sp³-hybridized carbons (Fsp3) is 0.429. The maximum absolute atomic E-state index is 11.9. The molecule has 0 radical (unpaired) electrons. The predicted molar refractivity (Wildman–Crippen MR) is 78.9 cm³/mol. The first kappa shape index (κ1) is 15.5. The van der Waals surface area contributed by atoms with Crippen molar-refractivity contribution in [2.45, 2.75) is 6.54 Å². The summed E-state index contributed by atoms with van der Waals surface area (Å²) in [5.41, 5.74) is 0.943. The number of carbonyl (C=O) groups is 2. The van der Waals surface area contributed by atoms with Gasteiger partial charge in [-0.1, -0.05) is 6.07 Å². The zero-order chi connectivity index (χ0) is 15.2. The number of carbonyl (C=O) groups excluding carboxylic acids is 1. The summed E-state index contributed by atoms with van der Waals surface area (Å²) in [6.07, 6.45) is 0. The lowest BCUT2D eigenvalue weighted by atomic mass is 10.2. The van der Waals surface area contributed by atoms with Crippen LogP contribution in [-0.2, 0) is 16.1 Å². The van der Waals surface area contributed by atoms with Crippen LogP contribution in [-0.4, -0.2) is 53.7 Å². The minimum atomic E-state index is -0.915. The van der Waals surface area contributed by atoms with Gasteiger partial charge in [0, 0.05) is 13.6 Å². The summed E-state index contributed by atoms with van der Waals surface area (Å²) >= 11 is 1.10. The Balaban J connectivity index is 1.88. The summed E-state index contributed by atoms with van der Waals surface area (Å²) in [5.74, 6) is 0.492. The van der Waals surface area contributed by atoms with Gasteiger partial charge in [-0.15, -0.1) is 11.8 Å². The molecular weight excluding hydrogens is 294 g/mol. The smallest absolute Gasteiger partial charge is 0.313 e. The average Bonchev–Trinajstić information content (AvgIpc) is 2.46. The summed E-state index contributed by atoms with van der Waals surface area (Å²) in [4.78, 5) is 23.9. The normalized spacial score (nSPS) is 12.8. The van der Waals surface area contributed by atoms with E-state index in [4.69, 9.17) is 14.6 Å². The van der Waals surface area contributed by atoms with E-state index in [9.17, 15) is 9.59 Å². The number of aliphatic carboxylic acids is 1. The molecule has 0 fully saturated rings. The highest BCUT2D eigenvalue weighted by molar-refractivity contribution is 8.00. The quantitative estimate of drug-likeness (QED) is 0.852. The molecule has 1 aromatic carbocycles. The number of carboxylic acid groups (broad SMARTS) is 1. The number of hydrogen-bond acceptors (Lipinski definition) is 5. The van der Waals surface area contributed by atoms with Crippen LogP contribution in [0.15, 0.2) is 18.2 Å². The minimum absolute atomic E-state index is 0.0659. The van der Waals surface area contributed by atoms with Crippen molar-refractivity contribution in [3.8, 4) is 11.5 Å². The van der Waals surface area contributed by atoms with E-state index >= 15 is 0 Å². The highest BCUT2D eigenvalue weighted by Gasteiger charge is 2.14. The van der Waals surface area contributed by atoms with Crippen molar-refractivity contribution in [3.05, 3.63) is 23.8 Å². The number of ether oxygens (including phenoxy) is 2. The van der Waals surface area contributed by atoms with Gasteiger partial charge in [0.1, 0.15) is 13.2 Å². The van der Waals surface area contributed by atoms with Gasteiger partial charge in [0.25, 0.3) is 0 Å². The lowest BCUT2D eigenvalue weighted by Gasteiger charge is -2.21. The van der Waals surface area contributed by atoms with Crippen molar-refractivity contribution >= 4 is 23.6 Å². The summed E-state index contributed by atoms with van der Waals surface area (Å²) in [7, 11) is 1.69. The zero-order valence-corrected chi connectivity index (χ0v) is 12.5. The number of fused-ring (bicyclic) bond motifs is 1. The van der Waals surface area contributed by atoms with Gasteiger partial charge in [0.2, 0.25) is 5.91 Å². The molecule has 0 aromatic heterocycles. The van der Waals surface area contributed by atoms with Crippen LogP contribution in [0.2, 0.25) is 0 Å². The lowest BCUT2D eigenvalue weighted by molar-refractivity contribution is -0.133. The zero-order valence-electron chi connectivity index (χ0n) is 11.7. The Labute approximate surface area is 127 Å². The molecular formula is C14H17NO5S. The molecule has 1 aromatic rings. The number of thioether (sulfide) groups is 1. The van der Waals surface area contributed by atoms with Crippen LogP contribution in [0.4, 0.5) is 0 Å². The maximum atomic E-state index is 11.9. The number of hydrogen-bond donors (Lipinski definition) is 1. The van der Waals surface area contributed by atoms with Crippen molar-refractivity contribution in [2.24, 2.45) is 0 Å². The van der Waals surface area contributed by atoms with Crippen molar-refractivity contribution in [1.29, 1.82) is 0 Å². The van der Waals surface area contributed by atoms with Gasteiger partial charge in [-0.05, 0) is 17.7 Å². The van der Waals surface area contributed by atoms with Crippen LogP contribution < -0.4 is 9.47 Å². The molecule has 1 amide bonds. The average molecular weight is 311 g/mol. The Morgan fingerprint density at radius 1 is 1.24 bits per heavy atom. The molecule has 0 spiro atoms. The molecule has 0 saturated carbocycles. The Morgan fingerprint density at radius 2 is 1.95 bits per heavy atom. The van der Waals surface area contributed by atoms with Crippen LogP contribution in [0.5, 0.6) is 11.5 Å². The molecule has 114 valence electrons. The van der Waals surface area contributed by atoms with E-state index in [-0.39, 0.29) is 17.4 Å². The van der Waals surface area contributed by atoms with Crippen molar-refractivity contribution in [2.75, 3.05) is 31.8 Å². The third-order valence-corrected chi connectivity index (χ3v) is 3.81. The van der Waals surface area contributed by atoms with Gasteiger partial charge in [-0.3, -0.25) is 9.59 Å². The molecule has 0 atom stereocenters. The fourth-order valence-electron chi connectivity index (χ4n) is 1.88. The highest BCUT2D eigenvalue weighted by atomic mass is 32.2. The number of amides is 1. The molecule has 2 rings (SSSR count). The van der Waals surface area contributed by atoms with Crippen LogP contribution in [0.3, 0.4) is 0 Å². The van der Waals surface area contributed by atoms with E-state index in [1.54, 1.807) is 11.9 Å². The van der Waals surface area contributed by atoms with Crippen molar-refractivity contribution in [1.82, 2.24) is 4.90 Å². The van der Waals surface area contributed by atoms with Crippen LogP contribution in [0.1, 0.15) is 5.56 Å². The first-order valence-electron chi connectivity index (χ1n) is 6.48. The molecule has 1 aliphatic rings. The third kappa shape index (κ3) is 4.56. The summed E-state index contributed by atoms with van der Waals surface area (Å²) in [6, 6.07) is 5.59. The Bertz CT molecular complexity index is 534. The topological polar surface area (TPSA) is 76.1 Å². The van der Waals surface area contributed by atoms with Crippen molar-refractivity contribution < 1.29 is 24.2 Å². The molecule has 1 N–H and O–H groups in total. The van der Waals surface area contributed by atoms with Gasteiger partial charge in [-0.25, -0.2) is 0 Å². The number of rotatable bonds is 6. The van der Waals surface area contributed by atoms with E-state index in [1.807, 2.05) is 18.2 Å². The van der Waals surface area contributed by atoms with Gasteiger partial charge in [0.05, 0.1) is 11.5 Å². The second-order valence-corrected chi connectivity index (χ2v) is 5.60. The van der Waals surface area contributed by atoms with Crippen LogP contribution in [0.25, 0.3) is 0 Å². The van der Waals surface area contributed by atoms with Crippen LogP contribution in [0, 0.1) is 0 Å². The summed E-state index contributed by atoms with van der Waals surface area (Å²) < 4.78 is 10.9. The predicted octanol–water partition coefficient (Wildman–Crippen LogP) is 1.23. The Morgan fingerprint density at radius 3 is 2.67 bits per heavy atom.